The molecular formula is C21H23N3O2. The first-order valence-corrected chi connectivity index (χ1v) is 9.30. The fourth-order valence-electron chi connectivity index (χ4n) is 4.94. The Morgan fingerprint density at radius 2 is 2.08 bits per heavy atom. The molecule has 0 spiro atoms. The highest BCUT2D eigenvalue weighted by Crippen LogP contribution is 2.67. The average Bonchev–Trinajstić information content (AvgIpc) is 3.40. The molecule has 4 saturated carbocycles. The lowest BCUT2D eigenvalue weighted by molar-refractivity contribution is -0.139. The zero-order valence-electron chi connectivity index (χ0n) is 14.9. The maximum atomic E-state index is 12.6. The van der Waals surface area contributed by atoms with Gasteiger partial charge in [-0.2, -0.15) is 0 Å². The van der Waals surface area contributed by atoms with Gasteiger partial charge in [0.2, 0.25) is 5.91 Å². The summed E-state index contributed by atoms with van der Waals surface area (Å²) < 4.78 is 5.14. The number of pyridine rings is 2. The molecule has 2 unspecified atom stereocenters. The van der Waals surface area contributed by atoms with Crippen LogP contribution in [0.2, 0.25) is 0 Å². The number of carbonyl (C=O) groups is 1. The minimum Gasteiger partial charge on any atom is -0.380 e. The summed E-state index contributed by atoms with van der Waals surface area (Å²) in [6.07, 6.45) is 7.69. The molecular weight excluding hydrogens is 326 g/mol. The molecule has 2 aromatic heterocycles. The van der Waals surface area contributed by atoms with Crippen molar-refractivity contribution in [1.82, 2.24) is 15.3 Å². The molecule has 1 amide bonds. The molecule has 6 rings (SSSR count). The van der Waals surface area contributed by atoms with Crippen LogP contribution >= 0.6 is 0 Å². The molecule has 4 aliphatic rings. The van der Waals surface area contributed by atoms with Crippen LogP contribution in [0.3, 0.4) is 0 Å². The van der Waals surface area contributed by atoms with Crippen LogP contribution in [0.15, 0.2) is 42.7 Å². The molecule has 2 aromatic rings. The largest absolute Gasteiger partial charge is 0.380 e. The summed E-state index contributed by atoms with van der Waals surface area (Å²) in [4.78, 5) is 21.6. The molecule has 0 aromatic carbocycles. The van der Waals surface area contributed by atoms with E-state index < -0.39 is 0 Å². The van der Waals surface area contributed by atoms with Gasteiger partial charge in [-0.1, -0.05) is 12.1 Å². The van der Waals surface area contributed by atoms with Gasteiger partial charge < -0.3 is 10.1 Å². The number of nitrogens with zero attached hydrogens (tertiary/aromatic N) is 2. The Morgan fingerprint density at radius 3 is 2.73 bits per heavy atom. The lowest BCUT2D eigenvalue weighted by atomic mass is 9.38. The van der Waals surface area contributed by atoms with Gasteiger partial charge in [0.15, 0.2) is 0 Å². The average molecular weight is 349 g/mol. The Kier molecular flexibility index (Phi) is 3.44. The number of rotatable bonds is 6. The monoisotopic (exact) mass is 349 g/mol. The molecule has 26 heavy (non-hydrogen) atoms. The summed E-state index contributed by atoms with van der Waals surface area (Å²) >= 11 is 0. The van der Waals surface area contributed by atoms with E-state index in [0.29, 0.717) is 12.5 Å². The van der Waals surface area contributed by atoms with Gasteiger partial charge in [-0.25, -0.2) is 0 Å². The summed E-state index contributed by atoms with van der Waals surface area (Å²) in [5, 5.41) is 3.33. The number of aromatic nitrogens is 2. The normalized spacial score (nSPS) is 33.7. The van der Waals surface area contributed by atoms with Crippen molar-refractivity contribution in [3.8, 4) is 0 Å². The Bertz CT molecular complexity index is 814. The molecule has 2 bridgehead atoms. The summed E-state index contributed by atoms with van der Waals surface area (Å²) in [6, 6.07) is 10.1. The molecule has 4 fully saturated rings. The lowest BCUT2D eigenvalue weighted by Crippen LogP contribution is -2.77. The van der Waals surface area contributed by atoms with Crippen LogP contribution in [-0.2, 0) is 21.6 Å². The highest BCUT2D eigenvalue weighted by molar-refractivity contribution is 5.84. The van der Waals surface area contributed by atoms with Crippen molar-refractivity contribution in [1.29, 1.82) is 0 Å². The van der Waals surface area contributed by atoms with Crippen LogP contribution in [0.1, 0.15) is 48.6 Å². The van der Waals surface area contributed by atoms with Gasteiger partial charge in [0, 0.05) is 53.7 Å². The molecule has 0 radical (unpaired) electrons. The Balaban J connectivity index is 1.17. The van der Waals surface area contributed by atoms with Crippen molar-refractivity contribution in [3.63, 3.8) is 0 Å². The van der Waals surface area contributed by atoms with Gasteiger partial charge in [-0.05, 0) is 49.4 Å². The second kappa shape index (κ2) is 5.61. The molecule has 134 valence electrons. The quantitative estimate of drug-likeness (QED) is 0.871. The standard InChI is InChI=1S/C21H23N3O2/c1-26-10-14-5-6-18(23-9-14)20-11-21(12-20,13-20)24-19(25)16-8-15(16)17-4-2-3-7-22-17/h2-7,9,15-16H,8,10-13H2,1H3,(H,24,25). The Morgan fingerprint density at radius 1 is 1.23 bits per heavy atom. The Hall–Kier alpha value is -2.27. The number of amides is 1. The van der Waals surface area contributed by atoms with E-state index in [9.17, 15) is 4.79 Å². The summed E-state index contributed by atoms with van der Waals surface area (Å²) in [6.45, 7) is 0.596. The highest BCUT2D eigenvalue weighted by Gasteiger charge is 2.70. The van der Waals surface area contributed by atoms with E-state index >= 15 is 0 Å². The van der Waals surface area contributed by atoms with Crippen LogP contribution in [0.5, 0.6) is 0 Å². The van der Waals surface area contributed by atoms with Gasteiger partial charge in [0.05, 0.1) is 6.61 Å². The maximum absolute atomic E-state index is 12.6. The maximum Gasteiger partial charge on any atom is 0.224 e. The molecule has 5 nitrogen and oxygen atoms in total. The van der Waals surface area contributed by atoms with Gasteiger partial charge in [-0.3, -0.25) is 14.8 Å². The van der Waals surface area contributed by atoms with Crippen LogP contribution in [0, 0.1) is 5.92 Å². The van der Waals surface area contributed by atoms with E-state index in [0.717, 1.165) is 42.6 Å². The predicted octanol–water partition coefficient (Wildman–Crippen LogP) is 2.72. The third-order valence-electron chi connectivity index (χ3n) is 6.29. The number of carbonyl (C=O) groups excluding carboxylic acids is 1. The second-order valence-electron chi connectivity index (χ2n) is 8.27. The molecule has 4 aliphatic carbocycles. The minimum absolute atomic E-state index is 0.0151. The third-order valence-corrected chi connectivity index (χ3v) is 6.29. The zero-order chi connectivity index (χ0) is 17.8. The Labute approximate surface area is 153 Å². The van der Waals surface area contributed by atoms with Gasteiger partial charge in [0.25, 0.3) is 0 Å². The van der Waals surface area contributed by atoms with Gasteiger partial charge in [0.1, 0.15) is 0 Å². The van der Waals surface area contributed by atoms with Crippen molar-refractivity contribution < 1.29 is 9.53 Å². The van der Waals surface area contributed by atoms with Crippen molar-refractivity contribution in [2.45, 2.75) is 49.2 Å². The first-order chi connectivity index (χ1) is 12.6. The second-order valence-corrected chi connectivity index (χ2v) is 8.27. The van der Waals surface area contributed by atoms with Gasteiger partial charge in [-0.15, -0.1) is 0 Å². The van der Waals surface area contributed by atoms with Crippen molar-refractivity contribution in [3.05, 3.63) is 59.7 Å². The number of hydrogen-bond donors (Lipinski definition) is 1. The van der Waals surface area contributed by atoms with E-state index in [2.05, 4.69) is 27.4 Å². The minimum atomic E-state index is 0.0151. The van der Waals surface area contributed by atoms with E-state index in [1.807, 2.05) is 24.4 Å². The van der Waals surface area contributed by atoms with Crippen molar-refractivity contribution in [2.75, 3.05) is 7.11 Å². The third kappa shape index (κ3) is 2.45. The summed E-state index contributed by atoms with van der Waals surface area (Å²) in [7, 11) is 1.69. The van der Waals surface area contributed by atoms with E-state index in [1.54, 1.807) is 13.3 Å². The van der Waals surface area contributed by atoms with Crippen LogP contribution in [-0.4, -0.2) is 28.5 Å². The highest BCUT2D eigenvalue weighted by atomic mass is 16.5. The fraction of sp³-hybridized carbons (Fsp3) is 0.476. The number of methoxy groups -OCH3 is 1. The number of nitrogens with one attached hydrogen (secondary N) is 1. The fourth-order valence-corrected chi connectivity index (χ4v) is 4.94. The first kappa shape index (κ1) is 15.9. The molecule has 0 aliphatic heterocycles. The topological polar surface area (TPSA) is 64.1 Å². The number of hydrogen-bond acceptors (Lipinski definition) is 4. The molecule has 1 N–H and O–H groups in total. The van der Waals surface area contributed by atoms with E-state index in [1.165, 1.54) is 0 Å². The summed E-state index contributed by atoms with van der Waals surface area (Å²) in [5.74, 6) is 0.603. The molecule has 2 heterocycles. The van der Waals surface area contributed by atoms with Crippen LogP contribution in [0.25, 0.3) is 0 Å². The predicted molar refractivity (Wildman–Crippen MR) is 96.4 cm³/mol. The number of ether oxygens (including phenoxy) is 1. The SMILES string of the molecule is COCc1ccc(C23CC(NC(=O)C4CC4c4ccccn4)(C2)C3)nc1. The van der Waals surface area contributed by atoms with Crippen LogP contribution < -0.4 is 5.32 Å². The van der Waals surface area contributed by atoms with E-state index in [4.69, 9.17) is 4.74 Å². The molecule has 2 atom stereocenters. The molecule has 0 saturated heterocycles. The summed E-state index contributed by atoms with van der Waals surface area (Å²) in [5.41, 5.74) is 3.50. The first-order valence-electron chi connectivity index (χ1n) is 9.30. The molecule has 5 heteroatoms. The smallest absolute Gasteiger partial charge is 0.224 e. The van der Waals surface area contributed by atoms with E-state index in [-0.39, 0.29) is 22.8 Å². The zero-order valence-corrected chi connectivity index (χ0v) is 14.9. The van der Waals surface area contributed by atoms with Crippen LogP contribution in [0.4, 0.5) is 0 Å². The lowest BCUT2D eigenvalue weighted by Gasteiger charge is -2.70. The van der Waals surface area contributed by atoms with Crippen molar-refractivity contribution in [2.24, 2.45) is 5.92 Å². The van der Waals surface area contributed by atoms with Gasteiger partial charge >= 0.3 is 0 Å². The van der Waals surface area contributed by atoms with Crippen molar-refractivity contribution >= 4 is 5.91 Å².